The van der Waals surface area contributed by atoms with Crippen molar-refractivity contribution in [1.29, 1.82) is 1.43 Å². The number of aliphatic hydroxyl groups is 4. The van der Waals surface area contributed by atoms with E-state index in [9.17, 15) is 58.5 Å². The van der Waals surface area contributed by atoms with Gasteiger partial charge in [0.1, 0.15) is 11.3 Å². The van der Waals surface area contributed by atoms with E-state index in [-0.39, 0.29) is 63.1 Å². The Bertz CT molecular complexity index is 5320. The zero-order chi connectivity index (χ0) is 96.3. The van der Waals surface area contributed by atoms with Crippen molar-refractivity contribution in [3.63, 3.8) is 0 Å². The Morgan fingerprint density at radius 3 is 0.953 bits per heavy atom. The summed E-state index contributed by atoms with van der Waals surface area (Å²) in [4.78, 5) is 127. The van der Waals surface area contributed by atoms with Crippen LogP contribution in [-0.2, 0) is 87.1 Å². The average molecular weight is 1240 g/mol. The van der Waals surface area contributed by atoms with Crippen LogP contribution >= 0.6 is 0 Å². The molecule has 0 saturated carbocycles. The summed E-state index contributed by atoms with van der Waals surface area (Å²) in [6.45, 7) is -24.3. The second-order valence-electron chi connectivity index (χ2n) is 16.9. The average Bonchev–Trinajstić information content (AvgIpc) is 1.60. The lowest BCUT2D eigenvalue weighted by Gasteiger charge is -2.09. The van der Waals surface area contributed by atoms with Crippen LogP contribution in [0.5, 0.6) is 0 Å². The number of hydrogen-bond donors (Lipinski definition) is 4. The van der Waals surface area contributed by atoms with E-state index in [2.05, 4.69) is 25.0 Å². The van der Waals surface area contributed by atoms with Crippen molar-refractivity contribution in [3.05, 3.63) is 109 Å². The molecule has 3 atom stereocenters. The number of nitrogens with zero attached hydrogens (tertiary/aromatic N) is 16. The van der Waals surface area contributed by atoms with E-state index in [1.807, 2.05) is 0 Å². The molecular weight excluding hydrogens is 1100 g/mol. The van der Waals surface area contributed by atoms with Crippen molar-refractivity contribution in [3.8, 4) is 0 Å². The van der Waals surface area contributed by atoms with E-state index in [4.69, 9.17) is 54.9 Å². The third kappa shape index (κ3) is 18.1. The van der Waals surface area contributed by atoms with Gasteiger partial charge < -0.3 is 43.5 Å². The monoisotopic (exact) mass is 1240 g/mol. The summed E-state index contributed by atoms with van der Waals surface area (Å²) in [5.74, 6) is -1.58. The number of ketones is 1. The quantitative estimate of drug-likeness (QED) is 0.0790. The van der Waals surface area contributed by atoms with Crippen molar-refractivity contribution < 1.29 is 78.7 Å². The third-order valence-corrected chi connectivity index (χ3v) is 11.3. The normalized spacial score (nSPS) is 21.9. The number of aryl methyl sites for hydroxylation is 8. The number of carbonyl (C=O) groups is 1. The minimum Gasteiger partial charge on any atom is -0.397 e. The molecule has 474 valence electrons. The molecule has 0 aromatic carbocycles. The van der Waals surface area contributed by atoms with Crippen molar-refractivity contribution in [1.82, 2.24) is 74.7 Å². The van der Waals surface area contributed by atoms with E-state index in [0.717, 1.165) is 18.3 Å². The number of Topliss-reactive ketones (excluding diaryl/α,β-unsaturated/α-hetero) is 1. The highest BCUT2D eigenvalue weighted by atomic mass is 16.3. The molecule has 0 saturated heterocycles. The van der Waals surface area contributed by atoms with E-state index >= 15 is 0 Å². The van der Waals surface area contributed by atoms with Crippen LogP contribution < -0.4 is 45.0 Å². The van der Waals surface area contributed by atoms with Gasteiger partial charge in [-0.25, -0.2) is 39.1 Å². The maximum atomic E-state index is 12.8. The lowest BCUT2D eigenvalue weighted by molar-refractivity contribution is -0.117. The van der Waals surface area contributed by atoms with E-state index in [1.54, 1.807) is 6.92 Å². The summed E-state index contributed by atoms with van der Waals surface area (Å²) in [7, 11) is 4.88. The first-order valence-corrected chi connectivity index (χ1v) is 24.0. The maximum absolute atomic E-state index is 12.8. The van der Waals surface area contributed by atoms with Crippen LogP contribution in [0.3, 0.4) is 0 Å². The number of fused-ring (bicyclic) bond motifs is 4. The number of rotatable bonds is 21. The second-order valence-corrected chi connectivity index (χ2v) is 16.9. The van der Waals surface area contributed by atoms with Crippen molar-refractivity contribution in [2.45, 2.75) is 170 Å². The predicted octanol–water partition coefficient (Wildman–Crippen LogP) is 1.42. The molecule has 8 rings (SSSR count). The first-order valence-electron chi connectivity index (χ1n) is 43.9. The van der Waals surface area contributed by atoms with Gasteiger partial charge in [-0.05, 0) is 105 Å². The van der Waals surface area contributed by atoms with Gasteiger partial charge in [0.05, 0.1) is 47.6 Å². The summed E-state index contributed by atoms with van der Waals surface area (Å²) >= 11 is 0. The zero-order valence-corrected chi connectivity index (χ0v) is 44.8. The number of imidazole rings is 4. The van der Waals surface area contributed by atoms with E-state index < -0.39 is 249 Å². The molecule has 0 fully saturated rings. The molecule has 8 aromatic rings. The van der Waals surface area contributed by atoms with E-state index in [1.165, 1.54) is 28.2 Å². The molecule has 29 nitrogen and oxygen atoms in total. The molecule has 0 radical (unpaired) electrons. The molecule has 0 spiro atoms. The Kier molecular flexibility index (Phi) is 12.6. The summed E-state index contributed by atoms with van der Waals surface area (Å²) in [5, 5.41) is 33.2. The SMILES string of the molecule is C.C.[2H]OCC.[2H]c1nc2c(c(=O)n(CCCC([2H])([2H])C(=O)C([2H])([2H])[2H])c(=O)n2C)n1C([2H])([2H])[2H].[2H]c1nc2c(c(=O)n(CCCC([2H])([2H])C([2H])(O)C([2H])([2H])[2H])c(=O)n2C)n1C([2H])([2H])[2H].[2H]c1nc2c(c(=O)n(CCCC([2H])([2H])[C@@]([2H])(O)C([2H])([2H])[2H])c(=O)n2C)n1C([2H])([2H])[2H].[2H]c1nc2c(c(=O)n(CCCC([2H])([2H])[C@]([2H])(O)C([2H])([2H])[2H])c(=O)n2C)n1C([2H])([2H])[2H]. The Hall–Kier alpha value is -7.89. The molecule has 0 aliphatic rings. The fourth-order valence-corrected chi connectivity index (χ4v) is 7.41. The highest BCUT2D eigenvalue weighted by molar-refractivity contribution is 5.75. The van der Waals surface area contributed by atoms with Crippen LogP contribution in [-0.4, -0.2) is 127 Å². The van der Waals surface area contributed by atoms with Gasteiger partial charge in [-0.15, -0.1) is 0 Å². The fourth-order valence-electron chi connectivity index (χ4n) is 7.41. The molecule has 8 heterocycles. The topological polar surface area (TPSA) is 345 Å². The summed E-state index contributed by atoms with van der Waals surface area (Å²) < 4.78 is 304. The zero-order valence-electron chi connectivity index (χ0n) is 84.8. The summed E-state index contributed by atoms with van der Waals surface area (Å²) in [5.41, 5.74) is -11.0. The molecule has 4 N–H and O–H groups in total. The minimum atomic E-state index is -3.42. The molecule has 1 unspecified atom stereocenters. The second kappa shape index (κ2) is 33.6. The van der Waals surface area contributed by atoms with Gasteiger partial charge in [0.2, 0.25) is 1.43 Å². The summed E-state index contributed by atoms with van der Waals surface area (Å²) in [6.07, 6.45) is -28.4. The highest BCUT2D eigenvalue weighted by Gasteiger charge is 2.18. The molecule has 0 aliphatic carbocycles. The van der Waals surface area contributed by atoms with Gasteiger partial charge in [0, 0.05) is 139 Å². The lowest BCUT2D eigenvalue weighted by atomic mass is 10.2. The van der Waals surface area contributed by atoms with Crippen molar-refractivity contribution in [2.75, 3.05) is 6.61 Å². The van der Waals surface area contributed by atoms with E-state index in [0.29, 0.717) is 43.1 Å². The van der Waals surface area contributed by atoms with Gasteiger partial charge in [0.15, 0.2) is 44.7 Å². The number of hydrogen-bond acceptors (Lipinski definition) is 17. The van der Waals surface area contributed by atoms with Crippen molar-refractivity contribution in [2.24, 2.45) is 56.1 Å². The maximum Gasteiger partial charge on any atom is 0.332 e. The van der Waals surface area contributed by atoms with Crippen LogP contribution in [0.25, 0.3) is 44.7 Å². The molecule has 8 aromatic heterocycles. The Morgan fingerprint density at radius 2 is 0.741 bits per heavy atom. The highest BCUT2D eigenvalue weighted by Crippen LogP contribution is 2.09. The van der Waals surface area contributed by atoms with Gasteiger partial charge in [-0.1, -0.05) is 14.9 Å². The number of carbonyl (C=O) groups excluding carboxylic acids is 1. The van der Waals surface area contributed by atoms with Gasteiger partial charge in [0.25, 0.3) is 22.2 Å². The first-order chi connectivity index (χ1) is 54.9. The smallest absolute Gasteiger partial charge is 0.332 e. The Morgan fingerprint density at radius 1 is 0.494 bits per heavy atom. The van der Waals surface area contributed by atoms with Crippen LogP contribution in [0, 0.1) is 0 Å². The van der Waals surface area contributed by atoms with Crippen molar-refractivity contribution >= 4 is 50.4 Å². The first kappa shape index (κ1) is 32.0. The van der Waals surface area contributed by atoms with Crippen LogP contribution in [0.4, 0.5) is 0 Å². The molecule has 0 amide bonds. The van der Waals surface area contributed by atoms with Gasteiger partial charge in [-0.3, -0.25) is 55.7 Å². The summed E-state index contributed by atoms with van der Waals surface area (Å²) in [6, 6.07) is 0. The van der Waals surface area contributed by atoms with Gasteiger partial charge in [-0.2, -0.15) is 0 Å². The molecule has 85 heavy (non-hydrogen) atoms. The molecule has 0 bridgehead atoms. The Labute approximate surface area is 547 Å². The van der Waals surface area contributed by atoms with Crippen LogP contribution in [0.2, 0.25) is 0 Å². The predicted molar refractivity (Wildman–Crippen MR) is 328 cm³/mol. The Balaban J connectivity index is 0.000000553. The lowest BCUT2D eigenvalue weighted by Crippen LogP contribution is -2.39. The molecule has 29 heteroatoms. The molecule has 0 aliphatic heterocycles. The number of aliphatic hydroxyl groups excluding tert-OH is 1. The largest absolute Gasteiger partial charge is 0.397 e. The van der Waals surface area contributed by atoms with Gasteiger partial charge >= 0.3 is 22.8 Å². The van der Waals surface area contributed by atoms with Crippen LogP contribution in [0.1, 0.15) is 180 Å². The standard InChI is InChI=1S/3C13H20N4O3.C13H18N4O3.C2H6O.2CH4/c4*1-9(18)6-4-5-7-17-12(19)10-11(14-8-15(10)2)16(3)13(17)20;1-2-3;;/h3*8-9,18H,4-7H2,1-3H3;8H,4-7H2,1-3H3;3H,2H2,1H3;2*1H4/t2*9-;;;;;/m10...../s1/i3*1D3,2D3,6D2,8D,9D;1D3,2D3,6D2,8D;3D;;. The molecular formula is C56H92N16O13. The fraction of sp³-hybridized carbons (Fsp3) is 0.625. The number of aromatic nitrogens is 16. The third-order valence-electron chi connectivity index (χ3n) is 11.3. The van der Waals surface area contributed by atoms with Crippen LogP contribution in [0.15, 0.2) is 63.6 Å². The minimum absolute atomic E-state index is 0.